The van der Waals surface area contributed by atoms with Crippen LogP contribution in [-0.2, 0) is 19.7 Å². The highest BCUT2D eigenvalue weighted by atomic mass is 16.7. The average molecular weight is 392 g/mol. The zero-order valence-electron chi connectivity index (χ0n) is 17.1. The van der Waals surface area contributed by atoms with Gasteiger partial charge in [-0.05, 0) is 48.1 Å². The van der Waals surface area contributed by atoms with E-state index in [1.54, 1.807) is 13.2 Å². The molecule has 152 valence electrons. The SMILES string of the molecule is COc1ccc([C@]23C=C[C@@]4(CCCC[C@]24C)[C@@H]2[C@H]3C(=O)C=CC23OCCO3)cc1. The summed E-state index contributed by atoms with van der Waals surface area (Å²) >= 11 is 0. The molecule has 1 heterocycles. The molecule has 3 fully saturated rings. The highest BCUT2D eigenvalue weighted by Gasteiger charge is 2.81. The molecule has 4 heteroatoms. The van der Waals surface area contributed by atoms with Gasteiger partial charge in [0.2, 0.25) is 0 Å². The number of allylic oxidation sites excluding steroid dienone is 3. The molecule has 5 aliphatic rings. The molecule has 1 aliphatic heterocycles. The molecule has 0 N–H and O–H groups in total. The number of methoxy groups -OCH3 is 1. The summed E-state index contributed by atoms with van der Waals surface area (Å²) in [4.78, 5) is 13.5. The third-order valence-electron chi connectivity index (χ3n) is 9.01. The van der Waals surface area contributed by atoms with E-state index in [2.05, 4.69) is 31.2 Å². The molecule has 1 aromatic carbocycles. The number of hydrogen-bond acceptors (Lipinski definition) is 4. The number of benzene rings is 1. The third-order valence-corrected chi connectivity index (χ3v) is 9.01. The highest BCUT2D eigenvalue weighted by molar-refractivity contribution is 5.96. The van der Waals surface area contributed by atoms with Crippen molar-refractivity contribution < 1.29 is 19.0 Å². The van der Waals surface area contributed by atoms with Crippen molar-refractivity contribution in [1.29, 1.82) is 0 Å². The Balaban J connectivity index is 1.62. The van der Waals surface area contributed by atoms with Gasteiger partial charge in [0.15, 0.2) is 11.6 Å². The first-order valence-corrected chi connectivity index (χ1v) is 10.9. The van der Waals surface area contributed by atoms with Crippen LogP contribution in [0.4, 0.5) is 0 Å². The van der Waals surface area contributed by atoms with Gasteiger partial charge in [0.25, 0.3) is 0 Å². The minimum Gasteiger partial charge on any atom is -0.497 e. The summed E-state index contributed by atoms with van der Waals surface area (Å²) in [7, 11) is 1.69. The second-order valence-electron chi connectivity index (χ2n) is 9.62. The first-order valence-electron chi connectivity index (χ1n) is 10.9. The molecule has 1 saturated heterocycles. The lowest BCUT2D eigenvalue weighted by Gasteiger charge is -2.52. The van der Waals surface area contributed by atoms with Crippen LogP contribution in [0.3, 0.4) is 0 Å². The van der Waals surface area contributed by atoms with E-state index >= 15 is 0 Å². The quantitative estimate of drug-likeness (QED) is 0.708. The maximum atomic E-state index is 13.5. The van der Waals surface area contributed by atoms with E-state index in [-0.39, 0.29) is 33.9 Å². The molecule has 29 heavy (non-hydrogen) atoms. The van der Waals surface area contributed by atoms with Gasteiger partial charge in [0, 0.05) is 22.7 Å². The number of carbonyl (C=O) groups excluding carboxylic acids is 1. The second kappa shape index (κ2) is 5.61. The third kappa shape index (κ3) is 1.82. The van der Waals surface area contributed by atoms with Gasteiger partial charge in [0.1, 0.15) is 5.75 Å². The Kier molecular flexibility index (Phi) is 3.47. The Morgan fingerprint density at radius 2 is 1.72 bits per heavy atom. The summed E-state index contributed by atoms with van der Waals surface area (Å²) in [5.41, 5.74) is 0.756. The number of carbonyl (C=O) groups is 1. The van der Waals surface area contributed by atoms with Crippen molar-refractivity contribution in [2.75, 3.05) is 20.3 Å². The lowest BCUT2D eigenvalue weighted by Crippen LogP contribution is -2.54. The van der Waals surface area contributed by atoms with Crippen LogP contribution in [0.5, 0.6) is 5.75 Å². The molecule has 4 aliphatic carbocycles. The average Bonchev–Trinajstić information content (AvgIpc) is 3.38. The van der Waals surface area contributed by atoms with Gasteiger partial charge in [-0.1, -0.05) is 44.1 Å². The Morgan fingerprint density at radius 1 is 1.00 bits per heavy atom. The minimum atomic E-state index is -0.768. The van der Waals surface area contributed by atoms with E-state index in [1.165, 1.54) is 18.4 Å². The van der Waals surface area contributed by atoms with Crippen LogP contribution >= 0.6 is 0 Å². The van der Waals surface area contributed by atoms with Gasteiger partial charge in [0.05, 0.1) is 20.3 Å². The molecular formula is C25H28O4. The highest BCUT2D eigenvalue weighted by Crippen LogP contribution is 2.80. The van der Waals surface area contributed by atoms with E-state index < -0.39 is 5.79 Å². The first-order chi connectivity index (χ1) is 14.0. The van der Waals surface area contributed by atoms with E-state index in [9.17, 15) is 4.79 Å². The largest absolute Gasteiger partial charge is 0.497 e. The van der Waals surface area contributed by atoms with Crippen molar-refractivity contribution in [2.45, 2.75) is 43.8 Å². The van der Waals surface area contributed by atoms with Crippen LogP contribution in [0.2, 0.25) is 0 Å². The Hall–Kier alpha value is -1.91. The number of hydrogen-bond donors (Lipinski definition) is 0. The van der Waals surface area contributed by atoms with Gasteiger partial charge >= 0.3 is 0 Å². The molecule has 6 rings (SSSR count). The molecule has 0 radical (unpaired) electrons. The zero-order valence-corrected chi connectivity index (χ0v) is 17.1. The Morgan fingerprint density at radius 3 is 2.45 bits per heavy atom. The molecule has 0 amide bonds. The Labute approximate surface area is 171 Å². The van der Waals surface area contributed by atoms with E-state index in [1.807, 2.05) is 18.2 Å². The van der Waals surface area contributed by atoms with Crippen LogP contribution in [0.15, 0.2) is 48.6 Å². The van der Waals surface area contributed by atoms with Gasteiger partial charge in [-0.15, -0.1) is 0 Å². The van der Waals surface area contributed by atoms with Crippen molar-refractivity contribution in [3.05, 3.63) is 54.1 Å². The summed E-state index contributed by atoms with van der Waals surface area (Å²) in [6.45, 7) is 3.60. The summed E-state index contributed by atoms with van der Waals surface area (Å²) in [6, 6.07) is 8.38. The minimum absolute atomic E-state index is 0.0207. The zero-order chi connectivity index (χ0) is 19.9. The number of ketones is 1. The van der Waals surface area contributed by atoms with E-state index in [0.29, 0.717) is 13.2 Å². The molecule has 1 aromatic rings. The van der Waals surface area contributed by atoms with Crippen molar-refractivity contribution in [2.24, 2.45) is 22.7 Å². The molecule has 2 bridgehead atoms. The standard InChI is InChI=1S/C25H28O4/c1-22-10-3-4-11-23(22)13-14-24(22,17-5-7-18(27-2)8-6-17)20-19(26)9-12-25(21(20)23)28-15-16-29-25/h5-9,12-14,20-21H,3-4,10-11,15-16H2,1-2H3/t20-,21+,22+,23+,24+/m1/s1. The molecule has 1 spiro atoms. The lowest BCUT2D eigenvalue weighted by atomic mass is 9.52. The second-order valence-corrected chi connectivity index (χ2v) is 9.62. The van der Waals surface area contributed by atoms with Crippen LogP contribution < -0.4 is 4.74 Å². The van der Waals surface area contributed by atoms with Gasteiger partial charge < -0.3 is 14.2 Å². The maximum Gasteiger partial charge on any atom is 0.192 e. The Bertz CT molecular complexity index is 925. The molecule has 5 atom stereocenters. The van der Waals surface area contributed by atoms with Crippen molar-refractivity contribution in [1.82, 2.24) is 0 Å². The van der Waals surface area contributed by atoms with Gasteiger partial charge in [-0.3, -0.25) is 4.79 Å². The van der Waals surface area contributed by atoms with Crippen LogP contribution in [0.1, 0.15) is 38.2 Å². The predicted octanol–water partition coefficient (Wildman–Crippen LogP) is 4.20. The fraction of sp³-hybridized carbons (Fsp3) is 0.560. The lowest BCUT2D eigenvalue weighted by molar-refractivity contribution is -0.200. The van der Waals surface area contributed by atoms with Crippen molar-refractivity contribution in [3.63, 3.8) is 0 Å². The summed E-state index contributed by atoms with van der Waals surface area (Å²) in [5.74, 6) is 0.154. The smallest absolute Gasteiger partial charge is 0.192 e. The monoisotopic (exact) mass is 392 g/mol. The molecule has 4 nitrogen and oxygen atoms in total. The van der Waals surface area contributed by atoms with E-state index in [4.69, 9.17) is 14.2 Å². The van der Waals surface area contributed by atoms with Crippen molar-refractivity contribution in [3.8, 4) is 5.75 Å². The normalized spacial score (nSPS) is 43.6. The van der Waals surface area contributed by atoms with Crippen LogP contribution in [-0.4, -0.2) is 31.9 Å². The molecule has 2 saturated carbocycles. The summed E-state index contributed by atoms with van der Waals surface area (Å²) < 4.78 is 18.0. The summed E-state index contributed by atoms with van der Waals surface area (Å²) in [6.07, 6.45) is 13.1. The number of ether oxygens (including phenoxy) is 3. The topological polar surface area (TPSA) is 44.8 Å². The van der Waals surface area contributed by atoms with Gasteiger partial charge in [-0.25, -0.2) is 0 Å². The fourth-order valence-corrected chi connectivity index (χ4v) is 7.90. The fourth-order valence-electron chi connectivity index (χ4n) is 7.90. The van der Waals surface area contributed by atoms with Crippen LogP contribution in [0, 0.1) is 22.7 Å². The first kappa shape index (κ1) is 17.9. The molecule has 0 aromatic heterocycles. The number of rotatable bonds is 2. The maximum absolute atomic E-state index is 13.5. The predicted molar refractivity (Wildman–Crippen MR) is 109 cm³/mol. The molecule has 0 unspecified atom stereocenters. The van der Waals surface area contributed by atoms with Gasteiger partial charge in [-0.2, -0.15) is 0 Å². The molecular weight excluding hydrogens is 364 g/mol. The van der Waals surface area contributed by atoms with Crippen molar-refractivity contribution >= 4 is 5.78 Å². The summed E-state index contributed by atoms with van der Waals surface area (Å²) in [5, 5.41) is 0. The van der Waals surface area contributed by atoms with E-state index in [0.717, 1.165) is 18.6 Å². The number of fused-ring (bicyclic) bond motifs is 3. The van der Waals surface area contributed by atoms with Crippen LogP contribution in [0.25, 0.3) is 0 Å².